The van der Waals surface area contributed by atoms with Crippen molar-refractivity contribution >= 4 is 6.21 Å². The fraction of sp³-hybridized carbons (Fsp3) is 0.400. The lowest BCUT2D eigenvalue weighted by Crippen LogP contribution is -2.08. The van der Waals surface area contributed by atoms with Gasteiger partial charge in [-0.2, -0.15) is 5.26 Å². The van der Waals surface area contributed by atoms with Gasteiger partial charge in [0.1, 0.15) is 6.07 Å². The zero-order valence-corrected chi connectivity index (χ0v) is 7.63. The molecule has 62 valence electrons. The van der Waals surface area contributed by atoms with Gasteiger partial charge < -0.3 is 0 Å². The standard InChI is InChI=1S/C10H12N2/c1-8-4-10(2,3)7-12-6-9(8)5-11/h4,6-7H,1-3H3. The summed E-state index contributed by atoms with van der Waals surface area (Å²) in [6.07, 6.45) is 5.51. The Morgan fingerprint density at radius 1 is 1.50 bits per heavy atom. The molecule has 0 aromatic carbocycles. The molecule has 1 heterocycles. The Morgan fingerprint density at radius 3 is 2.75 bits per heavy atom. The van der Waals surface area contributed by atoms with Crippen LogP contribution >= 0.6 is 0 Å². The van der Waals surface area contributed by atoms with Gasteiger partial charge in [0.15, 0.2) is 0 Å². The third-order valence-corrected chi connectivity index (χ3v) is 1.74. The molecule has 0 radical (unpaired) electrons. The highest BCUT2D eigenvalue weighted by molar-refractivity contribution is 5.70. The fourth-order valence-corrected chi connectivity index (χ4v) is 1.20. The van der Waals surface area contributed by atoms with Crippen LogP contribution in [0.25, 0.3) is 0 Å². The van der Waals surface area contributed by atoms with Crippen LogP contribution < -0.4 is 0 Å². The Labute approximate surface area is 72.9 Å². The molecule has 0 aromatic heterocycles. The molecular weight excluding hydrogens is 148 g/mol. The zero-order valence-electron chi connectivity index (χ0n) is 7.63. The van der Waals surface area contributed by atoms with Crippen molar-refractivity contribution in [1.82, 2.24) is 0 Å². The Bertz CT molecular complexity index is 311. The molecule has 1 aliphatic heterocycles. The predicted octanol–water partition coefficient (Wildman–Crippen LogP) is 2.45. The average Bonchev–Trinajstić information content (AvgIpc) is 2.07. The molecule has 0 aromatic rings. The second-order valence-corrected chi connectivity index (χ2v) is 3.58. The maximum atomic E-state index is 8.72. The lowest BCUT2D eigenvalue weighted by atomic mass is 9.92. The lowest BCUT2D eigenvalue weighted by Gasteiger charge is -2.12. The molecule has 0 saturated carbocycles. The van der Waals surface area contributed by atoms with Crippen molar-refractivity contribution in [2.24, 2.45) is 10.4 Å². The maximum Gasteiger partial charge on any atom is 0.101 e. The van der Waals surface area contributed by atoms with Crippen LogP contribution in [0.15, 0.2) is 28.4 Å². The molecule has 0 spiro atoms. The number of hydrogen-bond donors (Lipinski definition) is 0. The predicted molar refractivity (Wildman–Crippen MR) is 49.7 cm³/mol. The van der Waals surface area contributed by atoms with E-state index in [0.717, 1.165) is 5.57 Å². The first-order valence-corrected chi connectivity index (χ1v) is 3.89. The molecule has 2 nitrogen and oxygen atoms in total. The van der Waals surface area contributed by atoms with E-state index in [1.807, 2.05) is 13.1 Å². The van der Waals surface area contributed by atoms with Crippen molar-refractivity contribution in [3.63, 3.8) is 0 Å². The highest BCUT2D eigenvalue weighted by Gasteiger charge is 2.14. The number of nitrogens with zero attached hydrogens (tertiary/aromatic N) is 2. The van der Waals surface area contributed by atoms with Crippen molar-refractivity contribution in [3.8, 4) is 6.07 Å². The van der Waals surface area contributed by atoms with Crippen LogP contribution in [0.3, 0.4) is 0 Å². The zero-order chi connectivity index (χ0) is 9.19. The van der Waals surface area contributed by atoms with Crippen LogP contribution in [-0.2, 0) is 0 Å². The molecule has 2 heteroatoms. The summed E-state index contributed by atoms with van der Waals surface area (Å²) in [4.78, 5) is 4.06. The van der Waals surface area contributed by atoms with Crippen molar-refractivity contribution in [2.45, 2.75) is 20.8 Å². The van der Waals surface area contributed by atoms with Crippen molar-refractivity contribution in [1.29, 1.82) is 5.26 Å². The average molecular weight is 160 g/mol. The second kappa shape index (κ2) is 2.94. The van der Waals surface area contributed by atoms with Crippen LogP contribution in [0.1, 0.15) is 20.8 Å². The van der Waals surface area contributed by atoms with Gasteiger partial charge in [0.05, 0.1) is 5.57 Å². The SMILES string of the molecule is CC1=CC(C)(C)C=NC=C1C#N. The molecule has 0 amide bonds. The van der Waals surface area contributed by atoms with Crippen molar-refractivity contribution in [3.05, 3.63) is 23.4 Å². The Morgan fingerprint density at radius 2 is 2.17 bits per heavy atom. The number of allylic oxidation sites excluding steroid dienone is 3. The number of hydrogen-bond acceptors (Lipinski definition) is 2. The quantitative estimate of drug-likeness (QED) is 0.536. The van der Waals surface area contributed by atoms with E-state index in [1.54, 1.807) is 6.20 Å². The van der Waals surface area contributed by atoms with Gasteiger partial charge in [-0.15, -0.1) is 0 Å². The minimum Gasteiger partial charge on any atom is -0.267 e. The summed E-state index contributed by atoms with van der Waals surface area (Å²) in [5, 5.41) is 8.72. The first kappa shape index (κ1) is 8.73. The second-order valence-electron chi connectivity index (χ2n) is 3.58. The third-order valence-electron chi connectivity index (χ3n) is 1.74. The molecule has 0 fully saturated rings. The van der Waals surface area contributed by atoms with Gasteiger partial charge in [0, 0.05) is 17.8 Å². The minimum absolute atomic E-state index is 0.0425. The van der Waals surface area contributed by atoms with Crippen LogP contribution in [0.5, 0.6) is 0 Å². The van der Waals surface area contributed by atoms with Crippen LogP contribution in [0.2, 0.25) is 0 Å². The summed E-state index contributed by atoms with van der Waals surface area (Å²) in [5.41, 5.74) is 1.61. The summed E-state index contributed by atoms with van der Waals surface area (Å²) >= 11 is 0. The van der Waals surface area contributed by atoms with E-state index >= 15 is 0 Å². The Kier molecular flexibility index (Phi) is 2.14. The molecule has 0 aliphatic carbocycles. The van der Waals surface area contributed by atoms with E-state index in [4.69, 9.17) is 5.26 Å². The molecule has 1 aliphatic rings. The Hall–Kier alpha value is -1.36. The summed E-state index contributed by atoms with van der Waals surface area (Å²) in [6.45, 7) is 6.06. The number of nitriles is 1. The molecule has 0 N–H and O–H groups in total. The monoisotopic (exact) mass is 160 g/mol. The first-order valence-electron chi connectivity index (χ1n) is 3.89. The van der Waals surface area contributed by atoms with E-state index in [1.165, 1.54) is 0 Å². The normalized spacial score (nSPS) is 20.5. The van der Waals surface area contributed by atoms with Gasteiger partial charge in [0.25, 0.3) is 0 Å². The minimum atomic E-state index is -0.0425. The molecule has 0 bridgehead atoms. The van der Waals surface area contributed by atoms with E-state index in [2.05, 4.69) is 31.0 Å². The molecule has 12 heavy (non-hydrogen) atoms. The van der Waals surface area contributed by atoms with Crippen molar-refractivity contribution in [2.75, 3.05) is 0 Å². The highest BCUT2D eigenvalue weighted by Crippen LogP contribution is 2.22. The molecule has 0 saturated heterocycles. The summed E-state index contributed by atoms with van der Waals surface area (Å²) in [6, 6.07) is 2.11. The Balaban J connectivity index is 3.11. The molecule has 0 atom stereocenters. The fourth-order valence-electron chi connectivity index (χ4n) is 1.20. The van der Waals surface area contributed by atoms with E-state index in [0.29, 0.717) is 5.57 Å². The maximum absolute atomic E-state index is 8.72. The van der Waals surface area contributed by atoms with Crippen molar-refractivity contribution < 1.29 is 0 Å². The van der Waals surface area contributed by atoms with E-state index in [-0.39, 0.29) is 5.41 Å². The van der Waals surface area contributed by atoms with Gasteiger partial charge in [-0.3, -0.25) is 4.99 Å². The topological polar surface area (TPSA) is 36.1 Å². The summed E-state index contributed by atoms with van der Waals surface area (Å²) < 4.78 is 0. The largest absolute Gasteiger partial charge is 0.267 e. The molecule has 0 unspecified atom stereocenters. The van der Waals surface area contributed by atoms with Gasteiger partial charge in [-0.05, 0) is 12.5 Å². The lowest BCUT2D eigenvalue weighted by molar-refractivity contribution is 0.690. The van der Waals surface area contributed by atoms with Crippen LogP contribution in [0.4, 0.5) is 0 Å². The smallest absolute Gasteiger partial charge is 0.101 e. The van der Waals surface area contributed by atoms with E-state index < -0.39 is 0 Å². The molecule has 1 rings (SSSR count). The van der Waals surface area contributed by atoms with Crippen LogP contribution in [0, 0.1) is 16.7 Å². The first-order chi connectivity index (χ1) is 5.55. The van der Waals surface area contributed by atoms with Gasteiger partial charge in [-0.25, -0.2) is 0 Å². The highest BCUT2D eigenvalue weighted by atomic mass is 14.7. The molecular formula is C10H12N2. The summed E-state index contributed by atoms with van der Waals surface area (Å²) in [7, 11) is 0. The van der Waals surface area contributed by atoms with E-state index in [9.17, 15) is 0 Å². The number of rotatable bonds is 0. The van der Waals surface area contributed by atoms with Gasteiger partial charge in [0.2, 0.25) is 0 Å². The number of aliphatic imine (C=N–C) groups is 1. The van der Waals surface area contributed by atoms with Gasteiger partial charge in [-0.1, -0.05) is 19.9 Å². The summed E-state index contributed by atoms with van der Waals surface area (Å²) in [5.74, 6) is 0. The third kappa shape index (κ3) is 1.82. The van der Waals surface area contributed by atoms with Gasteiger partial charge >= 0.3 is 0 Å². The van der Waals surface area contributed by atoms with Crippen LogP contribution in [-0.4, -0.2) is 6.21 Å².